The molecular formula is C17H16BrClN2O4S. The van der Waals surface area contributed by atoms with Crippen molar-refractivity contribution in [2.45, 2.75) is 12.5 Å². The Bertz CT molecular complexity index is 952. The molecule has 2 aromatic rings. The highest BCUT2D eigenvalue weighted by Crippen LogP contribution is 2.36. The molecule has 3 rings (SSSR count). The number of rotatable bonds is 3. The lowest BCUT2D eigenvalue weighted by atomic mass is 10.2. The van der Waals surface area contributed by atoms with E-state index in [-0.39, 0.29) is 18.9 Å². The zero-order valence-electron chi connectivity index (χ0n) is 13.8. The molecule has 0 saturated carbocycles. The number of anilines is 2. The quantitative estimate of drug-likeness (QED) is 0.760. The summed E-state index contributed by atoms with van der Waals surface area (Å²) in [4.78, 5) is 12.6. The molecule has 0 bridgehead atoms. The summed E-state index contributed by atoms with van der Waals surface area (Å²) < 4.78 is 32.1. The maximum Gasteiger partial charge on any atom is 0.265 e. The first kappa shape index (κ1) is 19.0. The molecule has 0 spiro atoms. The van der Waals surface area contributed by atoms with Crippen molar-refractivity contribution >= 4 is 54.8 Å². The topological polar surface area (TPSA) is 75.7 Å². The highest BCUT2D eigenvalue weighted by Gasteiger charge is 2.31. The number of hydrogen-bond acceptors (Lipinski definition) is 4. The maximum atomic E-state index is 12.6. The maximum absolute atomic E-state index is 12.6. The molecule has 1 aliphatic rings. The number of halogens is 2. The third kappa shape index (κ3) is 4.31. The van der Waals surface area contributed by atoms with Crippen LogP contribution in [0.3, 0.4) is 0 Å². The van der Waals surface area contributed by atoms with Crippen LogP contribution in [0.4, 0.5) is 11.4 Å². The molecule has 0 saturated heterocycles. The summed E-state index contributed by atoms with van der Waals surface area (Å²) in [7, 11) is -3.54. The van der Waals surface area contributed by atoms with E-state index < -0.39 is 16.1 Å². The van der Waals surface area contributed by atoms with Crippen molar-refractivity contribution in [3.63, 3.8) is 0 Å². The van der Waals surface area contributed by atoms with Gasteiger partial charge in [0.25, 0.3) is 5.91 Å². The van der Waals surface area contributed by atoms with Crippen LogP contribution in [0.1, 0.15) is 6.42 Å². The summed E-state index contributed by atoms with van der Waals surface area (Å²) in [6.07, 6.45) is 0.486. The molecule has 1 N–H and O–H groups in total. The van der Waals surface area contributed by atoms with E-state index in [4.69, 9.17) is 16.3 Å². The summed E-state index contributed by atoms with van der Waals surface area (Å²) in [5, 5.41) is 3.18. The lowest BCUT2D eigenvalue weighted by molar-refractivity contribution is -0.122. The van der Waals surface area contributed by atoms with Crippen LogP contribution in [0, 0.1) is 0 Å². The van der Waals surface area contributed by atoms with Crippen LogP contribution in [0.15, 0.2) is 46.9 Å². The number of hydrogen-bond donors (Lipinski definition) is 1. The van der Waals surface area contributed by atoms with Gasteiger partial charge in [-0.3, -0.25) is 9.10 Å². The monoisotopic (exact) mass is 458 g/mol. The first-order valence-electron chi connectivity index (χ1n) is 7.74. The normalized spacial score (nSPS) is 17.0. The zero-order chi connectivity index (χ0) is 18.9. The molecule has 0 aliphatic carbocycles. The van der Waals surface area contributed by atoms with Gasteiger partial charge in [-0.25, -0.2) is 8.42 Å². The van der Waals surface area contributed by atoms with E-state index in [0.717, 1.165) is 10.7 Å². The Morgan fingerprint density at radius 3 is 2.77 bits per heavy atom. The van der Waals surface area contributed by atoms with Gasteiger partial charge in [0.2, 0.25) is 10.0 Å². The lowest BCUT2D eigenvalue weighted by Crippen LogP contribution is -2.35. The molecule has 1 heterocycles. The van der Waals surface area contributed by atoms with Crippen molar-refractivity contribution in [3.05, 3.63) is 52.0 Å². The molecule has 1 amide bonds. The predicted octanol–water partition coefficient (Wildman–Crippen LogP) is 3.66. The van der Waals surface area contributed by atoms with E-state index >= 15 is 0 Å². The second-order valence-electron chi connectivity index (χ2n) is 5.84. The zero-order valence-corrected chi connectivity index (χ0v) is 16.9. The van der Waals surface area contributed by atoms with Gasteiger partial charge in [0, 0.05) is 28.1 Å². The molecule has 0 radical (unpaired) electrons. The van der Waals surface area contributed by atoms with Crippen molar-refractivity contribution in [2.75, 3.05) is 22.4 Å². The number of nitrogens with zero attached hydrogens (tertiary/aromatic N) is 1. The van der Waals surface area contributed by atoms with Crippen molar-refractivity contribution < 1.29 is 17.9 Å². The second-order valence-corrected chi connectivity index (χ2v) is 9.10. The van der Waals surface area contributed by atoms with Crippen molar-refractivity contribution in [3.8, 4) is 5.75 Å². The van der Waals surface area contributed by atoms with E-state index in [2.05, 4.69) is 21.2 Å². The number of benzene rings is 2. The average molecular weight is 460 g/mol. The highest BCUT2D eigenvalue weighted by atomic mass is 79.9. The fraction of sp³-hybridized carbons (Fsp3) is 0.235. The van der Waals surface area contributed by atoms with Gasteiger partial charge in [0.15, 0.2) is 6.10 Å². The van der Waals surface area contributed by atoms with Gasteiger partial charge in [-0.2, -0.15) is 0 Å². The van der Waals surface area contributed by atoms with E-state index in [0.29, 0.717) is 22.1 Å². The SMILES string of the molecule is CS(=O)(=O)N1CCC(C(=O)Nc2cccc(Br)c2)Oc2ccc(Cl)cc21. The van der Waals surface area contributed by atoms with Crippen LogP contribution in [0.25, 0.3) is 0 Å². The molecule has 0 aromatic heterocycles. The van der Waals surface area contributed by atoms with E-state index in [1.54, 1.807) is 30.3 Å². The first-order valence-corrected chi connectivity index (χ1v) is 10.8. The number of nitrogens with one attached hydrogen (secondary N) is 1. The second kappa shape index (κ2) is 7.46. The fourth-order valence-electron chi connectivity index (χ4n) is 2.67. The Morgan fingerprint density at radius 2 is 2.08 bits per heavy atom. The molecule has 2 aromatic carbocycles. The van der Waals surface area contributed by atoms with E-state index in [1.165, 1.54) is 10.4 Å². The highest BCUT2D eigenvalue weighted by molar-refractivity contribution is 9.10. The van der Waals surface area contributed by atoms with E-state index in [9.17, 15) is 13.2 Å². The lowest BCUT2D eigenvalue weighted by Gasteiger charge is -2.21. The van der Waals surface area contributed by atoms with Gasteiger partial charge in [-0.15, -0.1) is 0 Å². The summed E-state index contributed by atoms with van der Waals surface area (Å²) in [5.74, 6) is -0.0499. The minimum absolute atomic E-state index is 0.114. The molecule has 6 nitrogen and oxygen atoms in total. The van der Waals surface area contributed by atoms with Crippen LogP contribution < -0.4 is 14.4 Å². The Hall–Kier alpha value is -1.77. The number of sulfonamides is 1. The molecule has 1 atom stereocenters. The number of amides is 1. The van der Waals surface area contributed by atoms with Gasteiger partial charge < -0.3 is 10.1 Å². The third-order valence-corrected chi connectivity index (χ3v) is 5.75. The molecule has 9 heteroatoms. The molecule has 1 unspecified atom stereocenters. The van der Waals surface area contributed by atoms with Gasteiger partial charge in [-0.05, 0) is 36.4 Å². The third-order valence-electron chi connectivity index (χ3n) is 3.84. The summed E-state index contributed by atoms with van der Waals surface area (Å²) >= 11 is 9.36. The Labute approximate surface area is 165 Å². The summed E-state index contributed by atoms with van der Waals surface area (Å²) in [6, 6.07) is 11.9. The summed E-state index contributed by atoms with van der Waals surface area (Å²) in [6.45, 7) is 0.114. The van der Waals surface area contributed by atoms with Crippen molar-refractivity contribution in [1.82, 2.24) is 0 Å². The Morgan fingerprint density at radius 1 is 1.31 bits per heavy atom. The van der Waals surface area contributed by atoms with E-state index in [1.807, 2.05) is 6.07 Å². The summed E-state index contributed by atoms with van der Waals surface area (Å²) in [5.41, 5.74) is 0.950. The fourth-order valence-corrected chi connectivity index (χ4v) is 4.17. The smallest absolute Gasteiger partial charge is 0.265 e. The molecule has 138 valence electrons. The molecule has 26 heavy (non-hydrogen) atoms. The number of fused-ring (bicyclic) bond motifs is 1. The average Bonchev–Trinajstić information content (AvgIpc) is 2.73. The van der Waals surface area contributed by atoms with Crippen LogP contribution >= 0.6 is 27.5 Å². The van der Waals surface area contributed by atoms with Crippen molar-refractivity contribution in [1.29, 1.82) is 0 Å². The number of ether oxygens (including phenoxy) is 1. The first-order chi connectivity index (χ1) is 12.2. The molecule has 0 fully saturated rings. The minimum atomic E-state index is -3.54. The molecular weight excluding hydrogens is 444 g/mol. The van der Waals surface area contributed by atoms with Crippen LogP contribution in [0.5, 0.6) is 5.75 Å². The number of carbonyl (C=O) groups is 1. The minimum Gasteiger partial charge on any atom is -0.478 e. The standard InChI is InChI=1S/C17H16BrClN2O4S/c1-26(23,24)21-8-7-16(25-15-6-5-12(19)10-14(15)21)17(22)20-13-4-2-3-11(18)9-13/h2-6,9-10,16H,7-8H2,1H3,(H,20,22). The van der Waals surface area contributed by atoms with Crippen LogP contribution in [-0.4, -0.2) is 33.2 Å². The Balaban J connectivity index is 1.88. The predicted molar refractivity (Wildman–Crippen MR) is 105 cm³/mol. The number of carbonyl (C=O) groups excluding carboxylic acids is 1. The molecule has 1 aliphatic heterocycles. The van der Waals surface area contributed by atoms with Gasteiger partial charge in [-0.1, -0.05) is 33.6 Å². The van der Waals surface area contributed by atoms with Gasteiger partial charge in [0.05, 0.1) is 11.9 Å². The van der Waals surface area contributed by atoms with Gasteiger partial charge in [0.1, 0.15) is 5.75 Å². The van der Waals surface area contributed by atoms with Gasteiger partial charge >= 0.3 is 0 Å². The Kier molecular flexibility index (Phi) is 5.45. The van der Waals surface area contributed by atoms with Crippen LogP contribution in [0.2, 0.25) is 5.02 Å². The largest absolute Gasteiger partial charge is 0.478 e. The van der Waals surface area contributed by atoms with Crippen molar-refractivity contribution in [2.24, 2.45) is 0 Å². The van der Waals surface area contributed by atoms with Crippen LogP contribution in [-0.2, 0) is 14.8 Å².